The molecule has 3 aliphatic heterocycles. The predicted molar refractivity (Wildman–Crippen MR) is 131 cm³/mol. The van der Waals surface area contributed by atoms with Crippen LogP contribution in [0.15, 0.2) is 48.6 Å². The molecule has 0 saturated carbocycles. The molecule has 0 aromatic heterocycles. The van der Waals surface area contributed by atoms with Crippen LogP contribution in [0.5, 0.6) is 17.2 Å². The van der Waals surface area contributed by atoms with E-state index in [1.807, 2.05) is 36.4 Å². The van der Waals surface area contributed by atoms with Gasteiger partial charge in [-0.25, -0.2) is 0 Å². The number of carbonyl (C=O) groups excluding carboxylic acids is 2. The van der Waals surface area contributed by atoms with Gasteiger partial charge in [0.05, 0.1) is 45.8 Å². The zero-order valence-electron chi connectivity index (χ0n) is 20.5. The van der Waals surface area contributed by atoms with Gasteiger partial charge in [0.1, 0.15) is 5.60 Å². The number of anilines is 2. The minimum absolute atomic E-state index is 0.0980. The van der Waals surface area contributed by atoms with Gasteiger partial charge in [0.25, 0.3) is 0 Å². The maximum atomic E-state index is 13.6. The number of hydrogen-bond acceptors (Lipinski definition) is 6. The van der Waals surface area contributed by atoms with E-state index in [1.54, 1.807) is 17.0 Å². The number of hydrogen-bond donors (Lipinski definition) is 1. The van der Waals surface area contributed by atoms with Gasteiger partial charge in [-0.05, 0) is 23.6 Å². The fraction of sp³-hybridized carbons (Fsp3) is 0.407. The average Bonchev–Trinajstić information content (AvgIpc) is 3.51. The molecule has 5 rings (SSSR count). The van der Waals surface area contributed by atoms with Crippen molar-refractivity contribution < 1.29 is 28.5 Å². The van der Waals surface area contributed by atoms with Crippen molar-refractivity contribution in [3.63, 3.8) is 0 Å². The van der Waals surface area contributed by atoms with Crippen molar-refractivity contribution in [1.29, 1.82) is 0 Å². The Morgan fingerprint density at radius 1 is 1.09 bits per heavy atom. The average molecular weight is 479 g/mol. The fourth-order valence-electron chi connectivity index (χ4n) is 5.43. The van der Waals surface area contributed by atoms with E-state index in [1.165, 1.54) is 26.9 Å². The number of nitrogens with zero attached hydrogens (tertiary/aromatic N) is 1. The van der Waals surface area contributed by atoms with Crippen molar-refractivity contribution in [1.82, 2.24) is 0 Å². The van der Waals surface area contributed by atoms with Gasteiger partial charge in [-0.2, -0.15) is 0 Å². The van der Waals surface area contributed by atoms with Crippen molar-refractivity contribution in [3.05, 3.63) is 54.1 Å². The van der Waals surface area contributed by atoms with Crippen LogP contribution in [0, 0.1) is 11.8 Å². The number of amides is 2. The standard InChI is InChI=1S/C27H30N2O6/c1-15(2)16-6-8-18(9-7-16)29-14-27-11-10-19(35-27)22(23(27)26(29)31)25(30)28-17-12-20(32-3)24(34-5)21(13-17)33-4/h6-13,15,19,22-23H,14H2,1-5H3,(H,28,30)/t19-,22?,23?,27+/m1/s1. The van der Waals surface area contributed by atoms with Gasteiger partial charge in [0.2, 0.25) is 17.6 Å². The lowest BCUT2D eigenvalue weighted by atomic mass is 9.76. The topological polar surface area (TPSA) is 86.3 Å². The second kappa shape index (κ2) is 8.61. The van der Waals surface area contributed by atoms with Crippen LogP contribution in [0.3, 0.4) is 0 Å². The molecule has 184 valence electrons. The number of benzene rings is 2. The zero-order chi connectivity index (χ0) is 24.9. The molecule has 2 fully saturated rings. The Labute approximate surface area is 204 Å². The van der Waals surface area contributed by atoms with Crippen molar-refractivity contribution in [2.24, 2.45) is 11.8 Å². The fourth-order valence-corrected chi connectivity index (χ4v) is 5.43. The summed E-state index contributed by atoms with van der Waals surface area (Å²) in [6.45, 7) is 4.65. The van der Waals surface area contributed by atoms with Crippen molar-refractivity contribution >= 4 is 23.2 Å². The largest absolute Gasteiger partial charge is 0.493 e. The summed E-state index contributed by atoms with van der Waals surface area (Å²) in [5, 5.41) is 2.93. The normalized spacial score (nSPS) is 26.3. The van der Waals surface area contributed by atoms with Gasteiger partial charge in [-0.1, -0.05) is 38.1 Å². The molecular weight excluding hydrogens is 448 g/mol. The third-order valence-electron chi connectivity index (χ3n) is 7.21. The van der Waals surface area contributed by atoms with Crippen molar-refractivity contribution in [2.45, 2.75) is 31.5 Å². The van der Waals surface area contributed by atoms with E-state index >= 15 is 0 Å². The van der Waals surface area contributed by atoms with E-state index in [9.17, 15) is 9.59 Å². The van der Waals surface area contributed by atoms with Crippen LogP contribution >= 0.6 is 0 Å². The molecule has 2 aromatic rings. The molecule has 1 N–H and O–H groups in total. The highest BCUT2D eigenvalue weighted by Crippen LogP contribution is 2.53. The molecule has 35 heavy (non-hydrogen) atoms. The first-order valence-corrected chi connectivity index (χ1v) is 11.7. The van der Waals surface area contributed by atoms with Crippen LogP contribution in [-0.2, 0) is 14.3 Å². The summed E-state index contributed by atoms with van der Waals surface area (Å²) in [7, 11) is 4.55. The highest BCUT2D eigenvalue weighted by molar-refractivity contribution is 6.05. The molecule has 2 amide bonds. The van der Waals surface area contributed by atoms with E-state index in [0.717, 1.165) is 5.69 Å². The second-order valence-corrected chi connectivity index (χ2v) is 9.47. The number of carbonyl (C=O) groups is 2. The van der Waals surface area contributed by atoms with Crippen LogP contribution < -0.4 is 24.4 Å². The first-order valence-electron chi connectivity index (χ1n) is 11.7. The van der Waals surface area contributed by atoms with Gasteiger partial charge in [-0.15, -0.1) is 0 Å². The Balaban J connectivity index is 1.41. The lowest BCUT2D eigenvalue weighted by Crippen LogP contribution is -2.41. The molecule has 3 heterocycles. The van der Waals surface area contributed by atoms with Gasteiger partial charge in [0.15, 0.2) is 11.5 Å². The second-order valence-electron chi connectivity index (χ2n) is 9.47. The van der Waals surface area contributed by atoms with Crippen molar-refractivity contribution in [2.75, 3.05) is 38.1 Å². The summed E-state index contributed by atoms with van der Waals surface area (Å²) >= 11 is 0. The number of nitrogens with one attached hydrogen (secondary N) is 1. The maximum Gasteiger partial charge on any atom is 0.234 e. The molecule has 2 unspecified atom stereocenters. The summed E-state index contributed by atoms with van der Waals surface area (Å²) in [6.07, 6.45) is 3.40. The summed E-state index contributed by atoms with van der Waals surface area (Å²) in [4.78, 5) is 28.9. The molecule has 2 aromatic carbocycles. The van der Waals surface area contributed by atoms with Crippen LogP contribution in [-0.4, -0.2) is 51.4 Å². The summed E-state index contributed by atoms with van der Waals surface area (Å²) in [6, 6.07) is 11.3. The molecule has 0 aliphatic carbocycles. The Kier molecular flexibility index (Phi) is 5.71. The first-order chi connectivity index (χ1) is 16.8. The molecule has 8 nitrogen and oxygen atoms in total. The Morgan fingerprint density at radius 2 is 1.74 bits per heavy atom. The smallest absolute Gasteiger partial charge is 0.234 e. The molecule has 2 bridgehead atoms. The minimum Gasteiger partial charge on any atom is -0.493 e. The van der Waals surface area contributed by atoms with Crippen molar-refractivity contribution in [3.8, 4) is 17.2 Å². The molecular formula is C27H30N2O6. The highest BCUT2D eigenvalue weighted by atomic mass is 16.5. The van der Waals surface area contributed by atoms with Crippen LogP contribution in [0.25, 0.3) is 0 Å². The zero-order valence-corrected chi connectivity index (χ0v) is 20.5. The van der Waals surface area contributed by atoms with Crippen LogP contribution in [0.4, 0.5) is 11.4 Å². The Hall–Kier alpha value is -3.52. The first kappa shape index (κ1) is 23.2. The third kappa shape index (κ3) is 3.63. The molecule has 8 heteroatoms. The van der Waals surface area contributed by atoms with Crippen LogP contribution in [0.2, 0.25) is 0 Å². The molecule has 2 saturated heterocycles. The molecule has 4 atom stereocenters. The highest BCUT2D eigenvalue weighted by Gasteiger charge is 2.67. The number of fused-ring (bicyclic) bond motifs is 1. The van der Waals surface area contributed by atoms with E-state index < -0.39 is 23.5 Å². The lowest BCUT2D eigenvalue weighted by Gasteiger charge is -2.24. The third-order valence-corrected chi connectivity index (χ3v) is 7.21. The van der Waals surface area contributed by atoms with Gasteiger partial charge in [-0.3, -0.25) is 9.59 Å². The van der Waals surface area contributed by atoms with Gasteiger partial charge < -0.3 is 29.2 Å². The molecule has 0 radical (unpaired) electrons. The molecule has 3 aliphatic rings. The van der Waals surface area contributed by atoms with E-state index in [0.29, 0.717) is 35.4 Å². The minimum atomic E-state index is -0.796. The molecule has 1 spiro atoms. The quantitative estimate of drug-likeness (QED) is 0.610. The Bertz CT molecular complexity index is 1170. The number of methoxy groups -OCH3 is 3. The number of rotatable bonds is 7. The van der Waals surface area contributed by atoms with Gasteiger partial charge >= 0.3 is 0 Å². The SMILES string of the molecule is COc1cc(NC(=O)C2C3C(=O)N(c4ccc(C(C)C)cc4)C[C@@]34C=C[C@H]2O4)cc(OC)c1OC. The van der Waals surface area contributed by atoms with E-state index in [2.05, 4.69) is 19.2 Å². The van der Waals surface area contributed by atoms with E-state index in [4.69, 9.17) is 18.9 Å². The monoisotopic (exact) mass is 478 g/mol. The summed E-state index contributed by atoms with van der Waals surface area (Å²) < 4.78 is 22.4. The van der Waals surface area contributed by atoms with E-state index in [-0.39, 0.29) is 11.8 Å². The van der Waals surface area contributed by atoms with Gasteiger partial charge in [0, 0.05) is 23.5 Å². The summed E-state index contributed by atoms with van der Waals surface area (Å²) in [5.74, 6) is 0.0666. The van der Waals surface area contributed by atoms with Crippen LogP contribution in [0.1, 0.15) is 25.3 Å². The summed E-state index contributed by atoms with van der Waals surface area (Å²) in [5.41, 5.74) is 1.71. The maximum absolute atomic E-state index is 13.6. The predicted octanol–water partition coefficient (Wildman–Crippen LogP) is 3.76. The Morgan fingerprint density at radius 3 is 2.31 bits per heavy atom. The number of ether oxygens (including phenoxy) is 4. The lowest BCUT2D eigenvalue weighted by molar-refractivity contribution is -0.128.